The summed E-state index contributed by atoms with van der Waals surface area (Å²) < 4.78 is 39.9. The van der Waals surface area contributed by atoms with Crippen LogP contribution in [0.3, 0.4) is 0 Å². The van der Waals surface area contributed by atoms with Gasteiger partial charge in [-0.2, -0.15) is 0 Å². The minimum Gasteiger partial charge on any atom is -0.465 e. The van der Waals surface area contributed by atoms with Crippen molar-refractivity contribution in [3.05, 3.63) is 60.3 Å². The molecule has 2 saturated carbocycles. The van der Waals surface area contributed by atoms with Crippen molar-refractivity contribution < 1.29 is 27.6 Å². The normalized spacial score (nSPS) is 29.5. The minimum atomic E-state index is -4.05. The summed E-state index contributed by atoms with van der Waals surface area (Å²) in [5.74, 6) is 0.965. The number of esters is 1. The Morgan fingerprint density at radius 2 is 1.56 bits per heavy atom. The summed E-state index contributed by atoms with van der Waals surface area (Å²) in [5, 5.41) is 0. The summed E-state index contributed by atoms with van der Waals surface area (Å²) in [6.07, 6.45) is 12.9. The lowest BCUT2D eigenvalue weighted by molar-refractivity contribution is -0.141. The second-order valence-corrected chi connectivity index (χ2v) is 14.8. The van der Waals surface area contributed by atoms with E-state index in [1.54, 1.807) is 36.7 Å². The largest absolute Gasteiger partial charge is 0.465 e. The highest BCUT2D eigenvalue weighted by Crippen LogP contribution is 2.65. The van der Waals surface area contributed by atoms with Crippen LogP contribution in [0.5, 0.6) is 0 Å². The number of aromatic nitrogens is 1. The van der Waals surface area contributed by atoms with E-state index in [2.05, 4.69) is 46.5 Å². The van der Waals surface area contributed by atoms with E-state index >= 15 is 4.57 Å². The Labute approximate surface area is 246 Å². The number of pyridine rings is 1. The van der Waals surface area contributed by atoms with Crippen LogP contribution in [-0.2, 0) is 23.1 Å². The van der Waals surface area contributed by atoms with Gasteiger partial charge in [0.05, 0.1) is 18.5 Å². The van der Waals surface area contributed by atoms with E-state index in [9.17, 15) is 4.79 Å². The molecule has 7 nitrogen and oxygen atoms in total. The molecule has 0 radical (unpaired) electrons. The highest BCUT2D eigenvalue weighted by Gasteiger charge is 2.48. The van der Waals surface area contributed by atoms with Gasteiger partial charge in [0, 0.05) is 24.0 Å². The topological polar surface area (TPSA) is 87.9 Å². The Kier molecular flexibility index (Phi) is 11.1. The van der Waals surface area contributed by atoms with Gasteiger partial charge in [0.1, 0.15) is 5.76 Å². The summed E-state index contributed by atoms with van der Waals surface area (Å²) in [6, 6.07) is 6.99. The van der Waals surface area contributed by atoms with E-state index in [1.165, 1.54) is 18.4 Å². The Morgan fingerprint density at radius 3 is 2.05 bits per heavy atom. The van der Waals surface area contributed by atoms with Crippen LogP contribution in [-0.4, -0.2) is 23.2 Å². The average molecular weight is 586 g/mol. The Balaban J connectivity index is 1.69. The monoisotopic (exact) mass is 585 g/mol. The number of furan rings is 1. The zero-order valence-corrected chi connectivity index (χ0v) is 26.4. The predicted molar refractivity (Wildman–Crippen MR) is 161 cm³/mol. The number of hydrogen-bond acceptors (Lipinski definition) is 7. The first-order chi connectivity index (χ1) is 19.6. The molecule has 8 heteroatoms. The number of rotatable bonds is 11. The standard InChI is InChI=1S/C33H48NO6P/c1-22(2)26-13-11-24(5)30(19-26)39-41(36,40-31-20-27(23(3)4)14-12-25(31)6)33(28-9-7-17-34-21-28)38-32(35)16-15-29-10-8-18-37-29/h7-10,15-18,21-27,30-31,33H,11-14,19-20H2,1-6H3/b16-15-. The lowest BCUT2D eigenvalue weighted by atomic mass is 9.76. The van der Waals surface area contributed by atoms with Crippen molar-refractivity contribution in [2.75, 3.05) is 0 Å². The number of ether oxygens (including phenoxy) is 1. The van der Waals surface area contributed by atoms with Crippen LogP contribution in [0.25, 0.3) is 6.08 Å². The molecule has 41 heavy (non-hydrogen) atoms. The second-order valence-electron chi connectivity index (χ2n) is 12.8. The van der Waals surface area contributed by atoms with E-state index in [0.29, 0.717) is 35.0 Å². The van der Waals surface area contributed by atoms with Gasteiger partial charge in [0.2, 0.25) is 5.85 Å². The smallest absolute Gasteiger partial charge is 0.376 e. The van der Waals surface area contributed by atoms with Crippen molar-refractivity contribution in [2.45, 2.75) is 98.1 Å². The molecule has 0 bridgehead atoms. The molecule has 0 amide bonds. The zero-order valence-electron chi connectivity index (χ0n) is 25.5. The van der Waals surface area contributed by atoms with Gasteiger partial charge in [-0.05, 0) is 98.3 Å². The highest BCUT2D eigenvalue weighted by atomic mass is 31.2. The summed E-state index contributed by atoms with van der Waals surface area (Å²) in [7, 11) is -4.05. The summed E-state index contributed by atoms with van der Waals surface area (Å²) >= 11 is 0. The molecule has 0 spiro atoms. The van der Waals surface area contributed by atoms with Crippen LogP contribution in [0.15, 0.2) is 53.4 Å². The molecule has 2 aromatic heterocycles. The van der Waals surface area contributed by atoms with Gasteiger partial charge in [0.25, 0.3) is 0 Å². The van der Waals surface area contributed by atoms with Crippen LogP contribution < -0.4 is 0 Å². The van der Waals surface area contributed by atoms with Crippen molar-refractivity contribution in [3.63, 3.8) is 0 Å². The van der Waals surface area contributed by atoms with Gasteiger partial charge >= 0.3 is 13.6 Å². The lowest BCUT2D eigenvalue weighted by Gasteiger charge is -2.42. The van der Waals surface area contributed by atoms with Gasteiger partial charge in [0.15, 0.2) is 0 Å². The minimum absolute atomic E-state index is 0.207. The van der Waals surface area contributed by atoms with Crippen molar-refractivity contribution in [1.82, 2.24) is 4.98 Å². The maximum Gasteiger partial charge on any atom is 0.376 e. The number of nitrogens with zero attached hydrogens (tertiary/aromatic N) is 1. The van der Waals surface area contributed by atoms with Crippen molar-refractivity contribution >= 4 is 19.6 Å². The first kappa shape index (κ1) is 31.7. The van der Waals surface area contributed by atoms with Gasteiger partial charge in [-0.3, -0.25) is 9.55 Å². The maximum atomic E-state index is 15.3. The third kappa shape index (κ3) is 8.43. The Bertz CT molecular complexity index is 1130. The fourth-order valence-corrected chi connectivity index (χ4v) is 8.53. The molecule has 2 aliphatic rings. The van der Waals surface area contributed by atoms with E-state index in [1.807, 2.05) is 0 Å². The molecular weight excluding hydrogens is 537 g/mol. The van der Waals surface area contributed by atoms with Crippen LogP contribution in [0.1, 0.15) is 97.2 Å². The third-order valence-electron chi connectivity index (χ3n) is 9.19. The Morgan fingerprint density at radius 1 is 0.951 bits per heavy atom. The van der Waals surface area contributed by atoms with Gasteiger partial charge in [-0.1, -0.05) is 47.6 Å². The van der Waals surface area contributed by atoms with Crippen LogP contribution >= 0.6 is 7.60 Å². The van der Waals surface area contributed by atoms with E-state index in [-0.39, 0.29) is 24.0 Å². The first-order valence-electron chi connectivity index (χ1n) is 15.3. The fourth-order valence-electron chi connectivity index (χ4n) is 6.16. The van der Waals surface area contributed by atoms with Crippen molar-refractivity contribution in [3.8, 4) is 0 Å². The third-order valence-corrected chi connectivity index (χ3v) is 11.3. The summed E-state index contributed by atoms with van der Waals surface area (Å²) in [5.41, 5.74) is 0.489. The van der Waals surface area contributed by atoms with Crippen LogP contribution in [0, 0.1) is 35.5 Å². The van der Waals surface area contributed by atoms with E-state index in [4.69, 9.17) is 18.2 Å². The summed E-state index contributed by atoms with van der Waals surface area (Å²) in [4.78, 5) is 17.4. The molecule has 7 unspecified atom stereocenters. The second kappa shape index (κ2) is 14.3. The maximum absolute atomic E-state index is 15.3. The van der Waals surface area contributed by atoms with Gasteiger partial charge in [-0.15, -0.1) is 0 Å². The van der Waals surface area contributed by atoms with Gasteiger partial charge in [-0.25, -0.2) is 4.79 Å². The van der Waals surface area contributed by atoms with Gasteiger partial charge < -0.3 is 18.2 Å². The molecular formula is C33H48NO6P. The number of carbonyl (C=O) groups excluding carboxylic acids is 1. The molecule has 0 aromatic carbocycles. The fraction of sp³-hybridized carbons (Fsp3) is 0.636. The predicted octanol–water partition coefficient (Wildman–Crippen LogP) is 9.08. The Hall–Kier alpha value is -2.21. The average Bonchev–Trinajstić information content (AvgIpc) is 3.47. The van der Waals surface area contributed by atoms with Crippen molar-refractivity contribution in [2.24, 2.45) is 35.5 Å². The van der Waals surface area contributed by atoms with Crippen LogP contribution in [0.2, 0.25) is 0 Å². The van der Waals surface area contributed by atoms with Crippen molar-refractivity contribution in [1.29, 1.82) is 0 Å². The first-order valence-corrected chi connectivity index (χ1v) is 17.0. The number of hydrogen-bond donors (Lipinski definition) is 0. The van der Waals surface area contributed by atoms with E-state index < -0.39 is 19.4 Å². The zero-order chi connectivity index (χ0) is 29.6. The molecule has 7 atom stereocenters. The molecule has 0 saturated heterocycles. The number of carbonyl (C=O) groups is 1. The van der Waals surface area contributed by atoms with E-state index in [0.717, 1.165) is 38.5 Å². The molecule has 2 fully saturated rings. The molecule has 0 aliphatic heterocycles. The SMILES string of the molecule is CC(C)C1CCC(C)C(OP(=O)(OC2CC(C(C)C)CCC2C)C(OC(=O)/C=C\c2ccco2)c2cccnc2)C1. The molecule has 2 heterocycles. The highest BCUT2D eigenvalue weighted by molar-refractivity contribution is 7.54. The molecule has 226 valence electrons. The molecule has 2 aliphatic carbocycles. The lowest BCUT2D eigenvalue weighted by Crippen LogP contribution is -2.35. The van der Waals surface area contributed by atoms with Crippen LogP contribution in [0.4, 0.5) is 0 Å². The molecule has 4 rings (SSSR count). The molecule has 0 N–H and O–H groups in total. The summed E-state index contributed by atoms with van der Waals surface area (Å²) in [6.45, 7) is 13.2. The quantitative estimate of drug-likeness (QED) is 0.148. The molecule has 2 aromatic rings.